The van der Waals surface area contributed by atoms with Crippen LogP contribution in [0.5, 0.6) is 0 Å². The maximum atomic E-state index is 12.0. The minimum atomic E-state index is -0.717. The van der Waals surface area contributed by atoms with Gasteiger partial charge < -0.3 is 4.74 Å². The van der Waals surface area contributed by atoms with E-state index in [9.17, 15) is 19.7 Å². The molecule has 1 aromatic rings. The monoisotopic (exact) mass is 309 g/mol. The molecular weight excluding hydrogens is 294 g/mol. The summed E-state index contributed by atoms with van der Waals surface area (Å²) in [6.45, 7) is 0. The SMILES string of the molecule is CSc1ccc(C(=O)O[C@@H]2CCCCC2=O)cc1[N+](=O)[O-]. The van der Waals surface area contributed by atoms with Crippen LogP contribution in [0.15, 0.2) is 23.1 Å². The molecule has 0 amide bonds. The molecule has 0 aliphatic heterocycles. The first-order valence-corrected chi connectivity index (χ1v) is 7.81. The fourth-order valence-electron chi connectivity index (χ4n) is 2.23. The molecule has 1 aromatic carbocycles. The summed E-state index contributed by atoms with van der Waals surface area (Å²) in [5.41, 5.74) is -0.0372. The van der Waals surface area contributed by atoms with E-state index in [4.69, 9.17) is 4.74 Å². The Kier molecular flexibility index (Phi) is 4.95. The van der Waals surface area contributed by atoms with Crippen LogP contribution in [0.25, 0.3) is 0 Å². The van der Waals surface area contributed by atoms with Gasteiger partial charge in [0.2, 0.25) is 0 Å². The van der Waals surface area contributed by atoms with Gasteiger partial charge >= 0.3 is 5.97 Å². The third-order valence-electron chi connectivity index (χ3n) is 3.36. The number of hydrogen-bond acceptors (Lipinski definition) is 6. The van der Waals surface area contributed by atoms with Crippen LogP contribution in [0.1, 0.15) is 36.0 Å². The van der Waals surface area contributed by atoms with Gasteiger partial charge in [-0.3, -0.25) is 14.9 Å². The summed E-state index contributed by atoms with van der Waals surface area (Å²) >= 11 is 1.23. The van der Waals surface area contributed by atoms with E-state index in [0.29, 0.717) is 17.7 Å². The second-order valence-electron chi connectivity index (χ2n) is 4.75. The van der Waals surface area contributed by atoms with E-state index in [2.05, 4.69) is 0 Å². The molecule has 1 saturated carbocycles. The third-order valence-corrected chi connectivity index (χ3v) is 4.14. The normalized spacial score (nSPS) is 18.3. The molecule has 112 valence electrons. The van der Waals surface area contributed by atoms with Gasteiger partial charge in [-0.15, -0.1) is 11.8 Å². The van der Waals surface area contributed by atoms with Gasteiger partial charge in [0.05, 0.1) is 15.4 Å². The lowest BCUT2D eigenvalue weighted by atomic mass is 9.96. The average Bonchev–Trinajstić information content (AvgIpc) is 2.48. The average molecular weight is 309 g/mol. The Balaban J connectivity index is 2.17. The van der Waals surface area contributed by atoms with Crippen molar-refractivity contribution in [2.45, 2.75) is 36.7 Å². The lowest BCUT2D eigenvalue weighted by molar-refractivity contribution is -0.387. The van der Waals surface area contributed by atoms with Gasteiger partial charge in [-0.05, 0) is 37.7 Å². The summed E-state index contributed by atoms with van der Waals surface area (Å²) in [6.07, 6.45) is 3.61. The molecule has 0 spiro atoms. The standard InChI is InChI=1S/C14H15NO5S/c1-21-13-7-6-9(8-10(13)15(18)19)14(17)20-12-5-3-2-4-11(12)16/h6-8,12H,2-5H2,1H3/t12-/m1/s1. The Morgan fingerprint density at radius 2 is 2.19 bits per heavy atom. The van der Waals surface area contributed by atoms with Gasteiger partial charge in [0.25, 0.3) is 5.69 Å². The number of carbonyl (C=O) groups excluding carboxylic acids is 2. The fraction of sp³-hybridized carbons (Fsp3) is 0.429. The van der Waals surface area contributed by atoms with E-state index in [1.165, 1.54) is 30.0 Å². The molecule has 21 heavy (non-hydrogen) atoms. The molecule has 0 heterocycles. The molecule has 7 heteroatoms. The van der Waals surface area contributed by atoms with Crippen molar-refractivity contribution in [3.63, 3.8) is 0 Å². The zero-order chi connectivity index (χ0) is 15.4. The summed E-state index contributed by atoms with van der Waals surface area (Å²) in [5, 5.41) is 11.0. The quantitative estimate of drug-likeness (QED) is 0.368. The Morgan fingerprint density at radius 3 is 2.81 bits per heavy atom. The van der Waals surface area contributed by atoms with Crippen LogP contribution in [-0.4, -0.2) is 29.0 Å². The van der Waals surface area contributed by atoms with Crippen LogP contribution >= 0.6 is 11.8 Å². The number of rotatable bonds is 4. The van der Waals surface area contributed by atoms with Crippen molar-refractivity contribution in [2.24, 2.45) is 0 Å². The third kappa shape index (κ3) is 3.60. The molecule has 0 radical (unpaired) electrons. The topological polar surface area (TPSA) is 86.5 Å². The number of ether oxygens (including phenoxy) is 1. The van der Waals surface area contributed by atoms with Crippen molar-refractivity contribution in [1.29, 1.82) is 0 Å². The Labute approximate surface area is 126 Å². The van der Waals surface area contributed by atoms with Crippen LogP contribution in [-0.2, 0) is 9.53 Å². The Bertz CT molecular complexity index is 587. The van der Waals surface area contributed by atoms with Crippen LogP contribution in [0.2, 0.25) is 0 Å². The molecule has 0 unspecified atom stereocenters. The zero-order valence-corrected chi connectivity index (χ0v) is 12.4. The molecule has 0 N–H and O–H groups in total. The minimum absolute atomic E-state index is 0.0789. The number of hydrogen-bond donors (Lipinski definition) is 0. The van der Waals surface area contributed by atoms with E-state index >= 15 is 0 Å². The van der Waals surface area contributed by atoms with E-state index in [1.807, 2.05) is 0 Å². The second kappa shape index (κ2) is 6.71. The number of carbonyl (C=O) groups is 2. The second-order valence-corrected chi connectivity index (χ2v) is 5.60. The molecule has 0 aromatic heterocycles. The highest BCUT2D eigenvalue weighted by Crippen LogP contribution is 2.29. The number of thioether (sulfide) groups is 1. The van der Waals surface area contributed by atoms with Crippen molar-refractivity contribution in [2.75, 3.05) is 6.26 Å². The molecule has 1 aliphatic rings. The molecular formula is C14H15NO5S. The summed E-state index contributed by atoms with van der Waals surface area (Å²) in [4.78, 5) is 34.6. The minimum Gasteiger partial charge on any atom is -0.451 e. The largest absolute Gasteiger partial charge is 0.451 e. The van der Waals surface area contributed by atoms with Gasteiger partial charge in [0, 0.05) is 12.5 Å². The summed E-state index contributed by atoms with van der Waals surface area (Å²) in [6, 6.07) is 4.19. The van der Waals surface area contributed by atoms with Crippen molar-refractivity contribution in [1.82, 2.24) is 0 Å². The van der Waals surface area contributed by atoms with Crippen molar-refractivity contribution in [3.8, 4) is 0 Å². The van der Waals surface area contributed by atoms with Gasteiger partial charge in [0.1, 0.15) is 0 Å². The van der Waals surface area contributed by atoms with Gasteiger partial charge in [-0.25, -0.2) is 4.79 Å². The number of Topliss-reactive ketones (excluding diaryl/α,β-unsaturated/α-hetero) is 1. The predicted octanol–water partition coefficient (Wildman–Crippen LogP) is 2.99. The first-order chi connectivity index (χ1) is 10.0. The van der Waals surface area contributed by atoms with Gasteiger partial charge in [0.15, 0.2) is 11.9 Å². The maximum absolute atomic E-state index is 12.0. The number of nitro groups is 1. The predicted molar refractivity (Wildman–Crippen MR) is 77.6 cm³/mol. The van der Waals surface area contributed by atoms with E-state index in [0.717, 1.165) is 12.8 Å². The van der Waals surface area contributed by atoms with E-state index in [1.54, 1.807) is 6.26 Å². The van der Waals surface area contributed by atoms with Crippen LogP contribution in [0, 0.1) is 10.1 Å². The number of benzene rings is 1. The molecule has 0 bridgehead atoms. The van der Waals surface area contributed by atoms with Crippen LogP contribution in [0.3, 0.4) is 0 Å². The number of ketones is 1. The zero-order valence-electron chi connectivity index (χ0n) is 11.5. The van der Waals surface area contributed by atoms with Crippen molar-refractivity contribution >= 4 is 29.2 Å². The van der Waals surface area contributed by atoms with Gasteiger partial charge in [-0.2, -0.15) is 0 Å². The van der Waals surface area contributed by atoms with Crippen molar-refractivity contribution < 1.29 is 19.2 Å². The molecule has 6 nitrogen and oxygen atoms in total. The highest BCUT2D eigenvalue weighted by atomic mass is 32.2. The smallest absolute Gasteiger partial charge is 0.339 e. The molecule has 1 atom stereocenters. The highest BCUT2D eigenvalue weighted by molar-refractivity contribution is 7.98. The maximum Gasteiger partial charge on any atom is 0.339 e. The van der Waals surface area contributed by atoms with Crippen molar-refractivity contribution in [3.05, 3.63) is 33.9 Å². The lowest BCUT2D eigenvalue weighted by Crippen LogP contribution is -2.30. The first kappa shape index (κ1) is 15.5. The fourth-order valence-corrected chi connectivity index (χ4v) is 2.78. The number of nitro benzene ring substituents is 1. The van der Waals surface area contributed by atoms with Crippen LogP contribution < -0.4 is 0 Å². The Hall–Kier alpha value is -1.89. The first-order valence-electron chi connectivity index (χ1n) is 6.59. The molecule has 2 rings (SSSR count). The molecule has 0 saturated heterocycles. The van der Waals surface area contributed by atoms with E-state index in [-0.39, 0.29) is 17.0 Å². The number of esters is 1. The number of nitrogens with zero attached hydrogens (tertiary/aromatic N) is 1. The molecule has 1 fully saturated rings. The van der Waals surface area contributed by atoms with E-state index < -0.39 is 17.0 Å². The highest BCUT2D eigenvalue weighted by Gasteiger charge is 2.27. The summed E-state index contributed by atoms with van der Waals surface area (Å²) in [5.74, 6) is -0.768. The summed E-state index contributed by atoms with van der Waals surface area (Å²) in [7, 11) is 0. The van der Waals surface area contributed by atoms with Gasteiger partial charge in [-0.1, -0.05) is 0 Å². The van der Waals surface area contributed by atoms with Crippen LogP contribution in [0.4, 0.5) is 5.69 Å². The Morgan fingerprint density at radius 1 is 1.43 bits per heavy atom. The lowest BCUT2D eigenvalue weighted by Gasteiger charge is -2.20. The summed E-state index contributed by atoms with van der Waals surface area (Å²) < 4.78 is 5.18. The molecule has 1 aliphatic carbocycles.